The van der Waals surface area contributed by atoms with Crippen LogP contribution in [0.15, 0.2) is 12.3 Å². The highest BCUT2D eigenvalue weighted by Gasteiger charge is 2.24. The highest BCUT2D eigenvalue weighted by Crippen LogP contribution is 2.33. The van der Waals surface area contributed by atoms with Crippen molar-refractivity contribution in [1.82, 2.24) is 15.3 Å². The lowest BCUT2D eigenvalue weighted by Gasteiger charge is -2.29. The SMILES string of the molecule is CNC(c1ccnc(C)n1)C1CCCCC1. The molecule has 1 saturated carbocycles. The smallest absolute Gasteiger partial charge is 0.125 e. The second-order valence-electron chi connectivity index (χ2n) is 4.69. The minimum atomic E-state index is 0.405. The maximum Gasteiger partial charge on any atom is 0.125 e. The summed E-state index contributed by atoms with van der Waals surface area (Å²) < 4.78 is 0. The van der Waals surface area contributed by atoms with Gasteiger partial charge in [0.05, 0.1) is 11.7 Å². The van der Waals surface area contributed by atoms with E-state index in [9.17, 15) is 0 Å². The van der Waals surface area contributed by atoms with Gasteiger partial charge in [0.15, 0.2) is 0 Å². The normalized spacial score (nSPS) is 19.6. The van der Waals surface area contributed by atoms with Gasteiger partial charge in [0.1, 0.15) is 5.82 Å². The number of rotatable bonds is 3. The molecule has 16 heavy (non-hydrogen) atoms. The number of aryl methyl sites for hydroxylation is 1. The number of hydrogen-bond donors (Lipinski definition) is 1. The zero-order valence-electron chi connectivity index (χ0n) is 10.2. The van der Waals surface area contributed by atoms with Gasteiger partial charge in [-0.3, -0.25) is 0 Å². The first-order valence-electron chi connectivity index (χ1n) is 6.28. The molecule has 88 valence electrons. The molecule has 0 radical (unpaired) electrons. The lowest BCUT2D eigenvalue weighted by Crippen LogP contribution is -2.28. The van der Waals surface area contributed by atoms with Crippen LogP contribution in [-0.2, 0) is 0 Å². The minimum Gasteiger partial charge on any atom is -0.311 e. The van der Waals surface area contributed by atoms with Gasteiger partial charge in [0, 0.05) is 6.20 Å². The summed E-state index contributed by atoms with van der Waals surface area (Å²) in [6.07, 6.45) is 8.66. The van der Waals surface area contributed by atoms with Crippen molar-refractivity contribution in [3.63, 3.8) is 0 Å². The first-order chi connectivity index (χ1) is 7.81. The molecule has 1 atom stereocenters. The molecule has 3 heteroatoms. The van der Waals surface area contributed by atoms with Crippen molar-refractivity contribution in [3.05, 3.63) is 23.8 Å². The van der Waals surface area contributed by atoms with Crippen molar-refractivity contribution in [2.75, 3.05) is 7.05 Å². The zero-order chi connectivity index (χ0) is 11.4. The summed E-state index contributed by atoms with van der Waals surface area (Å²) in [5.41, 5.74) is 1.15. The van der Waals surface area contributed by atoms with Crippen molar-refractivity contribution < 1.29 is 0 Å². The van der Waals surface area contributed by atoms with Crippen LogP contribution in [0.4, 0.5) is 0 Å². The summed E-state index contributed by atoms with van der Waals surface area (Å²) in [6.45, 7) is 1.96. The Morgan fingerprint density at radius 1 is 1.31 bits per heavy atom. The highest BCUT2D eigenvalue weighted by atomic mass is 15.0. The van der Waals surface area contributed by atoms with Crippen LogP contribution in [0.3, 0.4) is 0 Å². The second-order valence-corrected chi connectivity index (χ2v) is 4.69. The van der Waals surface area contributed by atoms with Crippen LogP contribution in [0.2, 0.25) is 0 Å². The van der Waals surface area contributed by atoms with Gasteiger partial charge in [0.25, 0.3) is 0 Å². The van der Waals surface area contributed by atoms with Gasteiger partial charge in [-0.05, 0) is 38.8 Å². The predicted octanol–water partition coefficient (Wildman–Crippen LogP) is 2.63. The molecule has 1 N–H and O–H groups in total. The van der Waals surface area contributed by atoms with Gasteiger partial charge in [-0.25, -0.2) is 9.97 Å². The average molecular weight is 219 g/mol. The molecular formula is C13H21N3. The Hall–Kier alpha value is -0.960. The number of nitrogens with one attached hydrogen (secondary N) is 1. The molecule has 0 aromatic carbocycles. The van der Waals surface area contributed by atoms with E-state index in [0.29, 0.717) is 6.04 Å². The van der Waals surface area contributed by atoms with Crippen molar-refractivity contribution in [1.29, 1.82) is 0 Å². The van der Waals surface area contributed by atoms with Gasteiger partial charge in [-0.15, -0.1) is 0 Å². The lowest BCUT2D eigenvalue weighted by atomic mass is 9.82. The highest BCUT2D eigenvalue weighted by molar-refractivity contribution is 5.09. The second kappa shape index (κ2) is 5.39. The molecule has 3 nitrogen and oxygen atoms in total. The van der Waals surface area contributed by atoms with E-state index in [1.807, 2.05) is 26.2 Å². The monoisotopic (exact) mass is 219 g/mol. The fourth-order valence-electron chi connectivity index (χ4n) is 2.74. The summed E-state index contributed by atoms with van der Waals surface area (Å²) >= 11 is 0. The number of nitrogens with zero attached hydrogens (tertiary/aromatic N) is 2. The molecular weight excluding hydrogens is 198 g/mol. The molecule has 0 saturated heterocycles. The summed E-state index contributed by atoms with van der Waals surface area (Å²) in [7, 11) is 2.04. The van der Waals surface area contributed by atoms with E-state index in [-0.39, 0.29) is 0 Å². The summed E-state index contributed by atoms with van der Waals surface area (Å²) in [4.78, 5) is 8.71. The predicted molar refractivity (Wildman–Crippen MR) is 65.1 cm³/mol. The van der Waals surface area contributed by atoms with Crippen LogP contribution in [-0.4, -0.2) is 17.0 Å². The Bertz CT molecular complexity index is 332. The molecule has 1 aromatic heterocycles. The van der Waals surface area contributed by atoms with Crippen LogP contribution < -0.4 is 5.32 Å². The zero-order valence-corrected chi connectivity index (χ0v) is 10.2. The van der Waals surface area contributed by atoms with Crippen LogP contribution in [0.25, 0.3) is 0 Å². The molecule has 1 aromatic rings. The Morgan fingerprint density at radius 3 is 2.69 bits per heavy atom. The lowest BCUT2D eigenvalue weighted by molar-refractivity contribution is 0.277. The van der Waals surface area contributed by atoms with E-state index < -0.39 is 0 Å². The van der Waals surface area contributed by atoms with Crippen LogP contribution >= 0.6 is 0 Å². The Kier molecular flexibility index (Phi) is 3.88. The Balaban J connectivity index is 2.14. The van der Waals surface area contributed by atoms with Gasteiger partial charge in [0.2, 0.25) is 0 Å². The van der Waals surface area contributed by atoms with Crippen molar-refractivity contribution in [2.45, 2.75) is 45.1 Å². The van der Waals surface area contributed by atoms with Crippen molar-refractivity contribution in [3.8, 4) is 0 Å². The van der Waals surface area contributed by atoms with Crippen molar-refractivity contribution >= 4 is 0 Å². The Labute approximate surface area is 97.7 Å². The molecule has 1 fully saturated rings. The van der Waals surface area contributed by atoms with E-state index in [0.717, 1.165) is 17.4 Å². The molecule has 1 unspecified atom stereocenters. The van der Waals surface area contributed by atoms with E-state index in [1.54, 1.807) is 0 Å². The molecule has 0 aliphatic heterocycles. The molecule has 0 bridgehead atoms. The quantitative estimate of drug-likeness (QED) is 0.849. The third-order valence-electron chi connectivity index (χ3n) is 3.55. The summed E-state index contributed by atoms with van der Waals surface area (Å²) in [6, 6.07) is 2.45. The third kappa shape index (κ3) is 2.59. The van der Waals surface area contributed by atoms with Gasteiger partial charge >= 0.3 is 0 Å². The third-order valence-corrected chi connectivity index (χ3v) is 3.55. The van der Waals surface area contributed by atoms with E-state index >= 15 is 0 Å². The minimum absolute atomic E-state index is 0.405. The topological polar surface area (TPSA) is 37.8 Å². The fourth-order valence-corrected chi connectivity index (χ4v) is 2.74. The van der Waals surface area contributed by atoms with Crippen molar-refractivity contribution in [2.24, 2.45) is 5.92 Å². The number of aromatic nitrogens is 2. The molecule has 1 heterocycles. The Morgan fingerprint density at radius 2 is 2.06 bits per heavy atom. The van der Waals surface area contributed by atoms with E-state index in [1.165, 1.54) is 32.1 Å². The fraction of sp³-hybridized carbons (Fsp3) is 0.692. The average Bonchev–Trinajstić information content (AvgIpc) is 2.31. The molecule has 0 amide bonds. The van der Waals surface area contributed by atoms with Gasteiger partial charge in [-0.2, -0.15) is 0 Å². The van der Waals surface area contributed by atoms with Gasteiger partial charge in [-0.1, -0.05) is 19.3 Å². The van der Waals surface area contributed by atoms with Crippen LogP contribution in [0.5, 0.6) is 0 Å². The first kappa shape index (κ1) is 11.5. The standard InChI is InChI=1S/C13H21N3/c1-10-15-9-8-12(16-10)13(14-2)11-6-4-3-5-7-11/h8-9,11,13-14H,3-7H2,1-2H3. The summed E-state index contributed by atoms with van der Waals surface area (Å²) in [5.74, 6) is 1.61. The maximum absolute atomic E-state index is 4.55. The summed E-state index contributed by atoms with van der Waals surface area (Å²) in [5, 5.41) is 3.42. The van der Waals surface area contributed by atoms with Crippen LogP contribution in [0, 0.1) is 12.8 Å². The van der Waals surface area contributed by atoms with Crippen LogP contribution in [0.1, 0.15) is 49.7 Å². The molecule has 0 spiro atoms. The molecule has 1 aliphatic carbocycles. The van der Waals surface area contributed by atoms with Gasteiger partial charge < -0.3 is 5.32 Å². The molecule has 2 rings (SSSR count). The van der Waals surface area contributed by atoms with E-state index in [2.05, 4.69) is 15.3 Å². The largest absolute Gasteiger partial charge is 0.311 e. The molecule has 1 aliphatic rings. The first-order valence-corrected chi connectivity index (χ1v) is 6.28. The van der Waals surface area contributed by atoms with E-state index in [4.69, 9.17) is 0 Å². The maximum atomic E-state index is 4.55. The number of hydrogen-bond acceptors (Lipinski definition) is 3.